The lowest BCUT2D eigenvalue weighted by molar-refractivity contribution is 0.669. The molecule has 0 spiro atoms. The van der Waals surface area contributed by atoms with Gasteiger partial charge in [-0.25, -0.2) is 15.0 Å². The summed E-state index contributed by atoms with van der Waals surface area (Å²) in [7, 11) is 0. The van der Waals surface area contributed by atoms with Gasteiger partial charge in [-0.2, -0.15) is 0 Å². The Morgan fingerprint density at radius 2 is 1.04 bits per heavy atom. The van der Waals surface area contributed by atoms with Crippen LogP contribution in [0.4, 0.5) is 0 Å². The Balaban J connectivity index is 1.24. The summed E-state index contributed by atoms with van der Waals surface area (Å²) in [6.07, 6.45) is 0. The van der Waals surface area contributed by atoms with Gasteiger partial charge in [0.1, 0.15) is 11.2 Å². The fourth-order valence-corrected chi connectivity index (χ4v) is 5.57. The Morgan fingerprint density at radius 3 is 1.83 bits per heavy atom. The fraction of sp³-hybridized carbons (Fsp3) is 0. The molecule has 0 atom stereocenters. The van der Waals surface area contributed by atoms with Gasteiger partial charge in [0.15, 0.2) is 17.5 Å². The van der Waals surface area contributed by atoms with Gasteiger partial charge in [0.2, 0.25) is 0 Å². The molecule has 47 heavy (non-hydrogen) atoms. The van der Waals surface area contributed by atoms with Crippen LogP contribution in [0.25, 0.3) is 89.1 Å². The van der Waals surface area contributed by atoms with Gasteiger partial charge < -0.3 is 4.42 Å². The number of fused-ring (bicyclic) bond motifs is 4. The van der Waals surface area contributed by atoms with Crippen molar-refractivity contribution in [2.45, 2.75) is 0 Å². The first-order valence-electron chi connectivity index (χ1n) is 21.5. The van der Waals surface area contributed by atoms with Crippen LogP contribution in [-0.4, -0.2) is 15.0 Å². The van der Waals surface area contributed by atoms with E-state index in [4.69, 9.17) is 38.6 Å². The number of para-hydroxylation sites is 1. The maximum atomic E-state index is 9.06. The van der Waals surface area contributed by atoms with Crippen LogP contribution < -0.4 is 0 Å². The van der Waals surface area contributed by atoms with Gasteiger partial charge in [0, 0.05) is 27.5 Å². The molecule has 0 saturated heterocycles. The molecule has 0 bridgehead atoms. The van der Waals surface area contributed by atoms with E-state index in [2.05, 4.69) is 0 Å². The summed E-state index contributed by atoms with van der Waals surface area (Å²) in [6, 6.07) is 15.8. The number of nitrogens with zero attached hydrogens (tertiary/aromatic N) is 3. The van der Waals surface area contributed by atoms with E-state index in [0.29, 0.717) is 49.8 Å². The first-order chi connectivity index (χ1) is 29.1. The van der Waals surface area contributed by atoms with E-state index >= 15 is 0 Å². The van der Waals surface area contributed by atoms with Crippen molar-refractivity contribution in [2.75, 3.05) is 0 Å². The van der Waals surface area contributed by atoms with Crippen LogP contribution in [0.2, 0.25) is 0 Å². The van der Waals surface area contributed by atoms with Crippen molar-refractivity contribution < 1.29 is 23.6 Å². The SMILES string of the molecule is [2H]c1ccc2oc3ccc([2H])c(-c4nc(-c5ccc(-c6c([2H])c([2H])c([2H])c([2H])c6[2H])cc5)nc(-c5ccc(-c6c([2H])c([2H])c([2H])c7c([2H])c([2H])c([2H])c([2H])c67)cc5)n4)c3c2c1. The third-order valence-electron chi connectivity index (χ3n) is 7.81. The molecule has 7 aromatic carbocycles. The Labute approximate surface area is 291 Å². The second-order valence-electron chi connectivity index (χ2n) is 10.6. The van der Waals surface area contributed by atoms with E-state index in [1.807, 2.05) is 0 Å². The highest BCUT2D eigenvalue weighted by molar-refractivity contribution is 6.11. The lowest BCUT2D eigenvalue weighted by Gasteiger charge is -2.11. The summed E-state index contributed by atoms with van der Waals surface area (Å²) in [6.45, 7) is 0. The largest absolute Gasteiger partial charge is 0.456 e. The van der Waals surface area contributed by atoms with E-state index in [1.165, 1.54) is 0 Å². The van der Waals surface area contributed by atoms with Crippen molar-refractivity contribution in [1.29, 1.82) is 0 Å². The van der Waals surface area contributed by atoms with Crippen LogP contribution in [0.3, 0.4) is 0 Å². The van der Waals surface area contributed by atoms with Gasteiger partial charge >= 0.3 is 0 Å². The zero-order valence-electron chi connectivity index (χ0n) is 38.3. The van der Waals surface area contributed by atoms with E-state index in [9.17, 15) is 0 Å². The van der Waals surface area contributed by atoms with Gasteiger partial charge in [-0.3, -0.25) is 0 Å². The summed E-state index contributed by atoms with van der Waals surface area (Å²) in [5, 5.41) is 0.863. The summed E-state index contributed by atoms with van der Waals surface area (Å²) in [5.41, 5.74) is 2.90. The van der Waals surface area contributed by atoms with Crippen molar-refractivity contribution in [1.82, 2.24) is 15.0 Å². The second kappa shape index (κ2) is 11.2. The van der Waals surface area contributed by atoms with Crippen molar-refractivity contribution in [3.8, 4) is 56.4 Å². The predicted molar refractivity (Wildman–Crippen MR) is 192 cm³/mol. The van der Waals surface area contributed by atoms with Crippen molar-refractivity contribution >= 4 is 32.7 Å². The topological polar surface area (TPSA) is 51.8 Å². The van der Waals surface area contributed by atoms with Gasteiger partial charge in [0.05, 0.1) is 19.2 Å². The van der Waals surface area contributed by atoms with Crippen LogP contribution >= 0.6 is 0 Å². The Bertz CT molecular complexity index is 3320. The average Bonchev–Trinajstić information content (AvgIpc) is 3.63. The Kier molecular flexibility index (Phi) is 3.87. The van der Waals surface area contributed by atoms with Gasteiger partial charge in [0.25, 0.3) is 0 Å². The Morgan fingerprint density at radius 1 is 0.404 bits per heavy atom. The molecule has 0 aliphatic carbocycles. The zero-order valence-corrected chi connectivity index (χ0v) is 24.3. The highest BCUT2D eigenvalue weighted by Crippen LogP contribution is 2.37. The number of hydrogen-bond donors (Lipinski definition) is 0. The molecule has 0 fully saturated rings. The summed E-state index contributed by atoms with van der Waals surface area (Å²) in [4.78, 5) is 14.5. The highest BCUT2D eigenvalue weighted by atomic mass is 16.3. The Hall–Kier alpha value is -6.39. The van der Waals surface area contributed by atoms with Crippen molar-refractivity contribution in [2.24, 2.45) is 0 Å². The third kappa shape index (κ3) is 4.84. The molecule has 4 heteroatoms. The molecule has 0 amide bonds. The molecule has 9 aromatic rings. The molecule has 0 unspecified atom stereocenters. The van der Waals surface area contributed by atoms with Crippen molar-refractivity contribution in [3.05, 3.63) is 163 Å². The molecule has 0 aliphatic heterocycles. The summed E-state index contributed by atoms with van der Waals surface area (Å²) >= 11 is 0. The molecule has 0 aliphatic rings. The quantitative estimate of drug-likeness (QED) is 0.193. The minimum atomic E-state index is -0.551. The standard InChI is InChI=1S/C43H27N3O/c1-2-10-28(11-3-1)29-20-24-32(25-21-29)41-44-42(33-26-22-31(23-27-33)35-16-8-13-30-12-4-5-14-34(30)35)46-43(45-41)37-17-9-19-39-40(37)36-15-6-7-18-38(36)47-39/h1-27H/i1D,2D,3D,4D,5D,6D,8D,10D,11D,12D,13D,14D,16D,17D. The maximum Gasteiger partial charge on any atom is 0.164 e. The number of rotatable bonds is 5. The smallest absolute Gasteiger partial charge is 0.164 e. The minimum absolute atomic E-state index is 0.0230. The van der Waals surface area contributed by atoms with Gasteiger partial charge in [-0.05, 0) is 45.2 Å². The summed E-state index contributed by atoms with van der Waals surface area (Å²) < 4.78 is 124. The molecule has 2 aromatic heterocycles. The maximum absolute atomic E-state index is 9.06. The monoisotopic (exact) mass is 615 g/mol. The molecular weight excluding hydrogens is 574 g/mol. The molecule has 220 valence electrons. The minimum Gasteiger partial charge on any atom is -0.456 e. The molecule has 0 N–H and O–H groups in total. The average molecular weight is 616 g/mol. The van der Waals surface area contributed by atoms with Crippen LogP contribution in [-0.2, 0) is 0 Å². The van der Waals surface area contributed by atoms with E-state index in [1.54, 1.807) is 78.9 Å². The predicted octanol–water partition coefficient (Wildman–Crippen LogP) is 11.3. The molecule has 4 nitrogen and oxygen atoms in total. The zero-order chi connectivity index (χ0) is 43.3. The second-order valence-corrected chi connectivity index (χ2v) is 10.6. The third-order valence-corrected chi connectivity index (χ3v) is 7.81. The number of hydrogen-bond acceptors (Lipinski definition) is 4. The first kappa shape index (κ1) is 16.3. The number of aromatic nitrogens is 3. The van der Waals surface area contributed by atoms with Gasteiger partial charge in [-0.1, -0.05) is 151 Å². The van der Waals surface area contributed by atoms with Gasteiger partial charge in [-0.15, -0.1) is 0 Å². The van der Waals surface area contributed by atoms with Crippen LogP contribution in [0, 0.1) is 0 Å². The highest BCUT2D eigenvalue weighted by Gasteiger charge is 2.18. The first-order valence-corrected chi connectivity index (χ1v) is 14.5. The normalized spacial score (nSPS) is 15.6. The van der Waals surface area contributed by atoms with Crippen LogP contribution in [0.1, 0.15) is 19.2 Å². The molecule has 0 saturated carbocycles. The van der Waals surface area contributed by atoms with Crippen molar-refractivity contribution in [3.63, 3.8) is 0 Å². The number of benzene rings is 7. The summed E-state index contributed by atoms with van der Waals surface area (Å²) in [5.74, 6) is 0.391. The lowest BCUT2D eigenvalue weighted by atomic mass is 9.97. The van der Waals surface area contributed by atoms with E-state index < -0.39 is 54.4 Å². The molecular formula is C43H27N3O. The molecule has 0 radical (unpaired) electrons. The van der Waals surface area contributed by atoms with Crippen LogP contribution in [0.15, 0.2) is 168 Å². The number of furan rings is 1. The fourth-order valence-electron chi connectivity index (χ4n) is 5.57. The van der Waals surface area contributed by atoms with Crippen LogP contribution in [0.5, 0.6) is 0 Å². The molecule has 2 heterocycles. The molecule has 9 rings (SSSR count). The van der Waals surface area contributed by atoms with E-state index in [0.717, 1.165) is 0 Å². The van der Waals surface area contributed by atoms with E-state index in [-0.39, 0.29) is 69.6 Å². The lowest BCUT2D eigenvalue weighted by Crippen LogP contribution is -2.00.